The first-order chi connectivity index (χ1) is 10.1. The molecule has 21 heavy (non-hydrogen) atoms. The Labute approximate surface area is 121 Å². The number of nitrogens with one attached hydrogen (secondary N) is 1. The first kappa shape index (κ1) is 13.8. The third-order valence-electron chi connectivity index (χ3n) is 4.33. The van der Waals surface area contributed by atoms with E-state index in [1.807, 2.05) is 6.07 Å². The Bertz CT molecular complexity index is 613. The van der Waals surface area contributed by atoms with E-state index >= 15 is 0 Å². The molecular formula is C14H16N4O3. The summed E-state index contributed by atoms with van der Waals surface area (Å²) in [5.41, 5.74) is 6.60. The number of hydrogen-bond acceptors (Lipinski definition) is 6. The summed E-state index contributed by atoms with van der Waals surface area (Å²) in [6.45, 7) is 0.736. The minimum atomic E-state index is -0.551. The molecule has 2 fully saturated rings. The number of hydrogen-bond donors (Lipinski definition) is 2. The lowest BCUT2D eigenvalue weighted by Gasteiger charge is -2.52. The van der Waals surface area contributed by atoms with E-state index in [1.54, 1.807) is 6.07 Å². The first-order valence-electron chi connectivity index (χ1n) is 6.94. The van der Waals surface area contributed by atoms with Crippen LogP contribution in [-0.2, 0) is 4.74 Å². The van der Waals surface area contributed by atoms with Crippen molar-refractivity contribution in [1.29, 1.82) is 5.26 Å². The van der Waals surface area contributed by atoms with Gasteiger partial charge in [-0.25, -0.2) is 0 Å². The maximum absolute atomic E-state index is 11.0. The van der Waals surface area contributed by atoms with E-state index in [0.717, 1.165) is 19.4 Å². The molecule has 0 aromatic heterocycles. The van der Waals surface area contributed by atoms with Gasteiger partial charge in [-0.3, -0.25) is 10.1 Å². The fourth-order valence-electron chi connectivity index (χ4n) is 3.19. The SMILES string of the molecule is N#Cc1ccc(NC2C(N)C3CCCOC32)cc1[N+](=O)[O-]. The van der Waals surface area contributed by atoms with Crippen molar-refractivity contribution in [3.63, 3.8) is 0 Å². The maximum Gasteiger partial charge on any atom is 0.289 e. The summed E-state index contributed by atoms with van der Waals surface area (Å²) in [6, 6.07) is 6.26. The van der Waals surface area contributed by atoms with E-state index in [0.29, 0.717) is 11.6 Å². The number of nitro benzene ring substituents is 1. The zero-order valence-electron chi connectivity index (χ0n) is 11.4. The Morgan fingerprint density at radius 2 is 2.33 bits per heavy atom. The predicted octanol–water partition coefficient (Wildman–Crippen LogP) is 1.38. The molecule has 7 nitrogen and oxygen atoms in total. The molecule has 3 N–H and O–H groups in total. The van der Waals surface area contributed by atoms with Crippen molar-refractivity contribution < 1.29 is 9.66 Å². The van der Waals surface area contributed by atoms with Crippen LogP contribution in [0, 0.1) is 27.4 Å². The molecule has 0 bridgehead atoms. The minimum absolute atomic E-state index is 0.00926. The summed E-state index contributed by atoms with van der Waals surface area (Å²) in [5.74, 6) is 0.365. The summed E-state index contributed by atoms with van der Waals surface area (Å²) in [5, 5.41) is 23.1. The monoisotopic (exact) mass is 288 g/mol. The maximum atomic E-state index is 11.0. The van der Waals surface area contributed by atoms with E-state index in [4.69, 9.17) is 15.7 Å². The van der Waals surface area contributed by atoms with Gasteiger partial charge in [0.1, 0.15) is 11.6 Å². The second-order valence-electron chi connectivity index (χ2n) is 5.49. The molecule has 0 radical (unpaired) electrons. The minimum Gasteiger partial charge on any atom is -0.378 e. The Hall–Kier alpha value is -2.17. The van der Waals surface area contributed by atoms with Gasteiger partial charge < -0.3 is 15.8 Å². The topological polar surface area (TPSA) is 114 Å². The van der Waals surface area contributed by atoms with Crippen LogP contribution in [-0.4, -0.2) is 29.7 Å². The molecule has 1 aromatic carbocycles. The fourth-order valence-corrected chi connectivity index (χ4v) is 3.19. The molecular weight excluding hydrogens is 272 g/mol. The van der Waals surface area contributed by atoms with Crippen LogP contribution in [0.1, 0.15) is 18.4 Å². The number of nitrogens with zero attached hydrogens (tertiary/aromatic N) is 2. The van der Waals surface area contributed by atoms with Gasteiger partial charge in [0.25, 0.3) is 5.69 Å². The van der Waals surface area contributed by atoms with Gasteiger partial charge in [-0.05, 0) is 25.0 Å². The van der Waals surface area contributed by atoms with E-state index in [9.17, 15) is 10.1 Å². The molecule has 1 aliphatic heterocycles. The molecule has 1 saturated heterocycles. The Morgan fingerprint density at radius 3 is 3.05 bits per heavy atom. The average molecular weight is 288 g/mol. The van der Waals surface area contributed by atoms with Gasteiger partial charge in [0.2, 0.25) is 0 Å². The van der Waals surface area contributed by atoms with Crippen LogP contribution >= 0.6 is 0 Å². The van der Waals surface area contributed by atoms with Crippen LogP contribution in [0.3, 0.4) is 0 Å². The van der Waals surface area contributed by atoms with Crippen molar-refractivity contribution in [2.45, 2.75) is 31.0 Å². The highest BCUT2D eigenvalue weighted by Crippen LogP contribution is 2.39. The van der Waals surface area contributed by atoms with Crippen molar-refractivity contribution in [1.82, 2.24) is 0 Å². The number of ether oxygens (including phenoxy) is 1. The number of nitriles is 1. The fraction of sp³-hybridized carbons (Fsp3) is 0.500. The summed E-state index contributed by atoms with van der Waals surface area (Å²) < 4.78 is 5.73. The second kappa shape index (κ2) is 5.31. The van der Waals surface area contributed by atoms with Crippen molar-refractivity contribution in [3.8, 4) is 6.07 Å². The normalized spacial score (nSPS) is 30.7. The molecule has 7 heteroatoms. The molecule has 2 aliphatic rings. The number of anilines is 1. The summed E-state index contributed by atoms with van der Waals surface area (Å²) in [4.78, 5) is 10.4. The highest BCUT2D eigenvalue weighted by atomic mass is 16.6. The number of nitro groups is 1. The summed E-state index contributed by atoms with van der Waals surface area (Å²) in [7, 11) is 0. The Kier molecular flexibility index (Phi) is 3.49. The van der Waals surface area contributed by atoms with Crippen LogP contribution in [0.4, 0.5) is 11.4 Å². The Balaban J connectivity index is 1.78. The van der Waals surface area contributed by atoms with E-state index in [-0.39, 0.29) is 29.4 Å². The van der Waals surface area contributed by atoms with Crippen LogP contribution < -0.4 is 11.1 Å². The molecule has 1 saturated carbocycles. The quantitative estimate of drug-likeness (QED) is 0.641. The van der Waals surface area contributed by atoms with Crippen molar-refractivity contribution >= 4 is 11.4 Å². The molecule has 3 rings (SSSR count). The highest BCUT2D eigenvalue weighted by molar-refractivity contribution is 5.60. The van der Waals surface area contributed by atoms with Crippen LogP contribution in [0.25, 0.3) is 0 Å². The smallest absolute Gasteiger partial charge is 0.289 e. The van der Waals surface area contributed by atoms with Gasteiger partial charge in [-0.1, -0.05) is 0 Å². The van der Waals surface area contributed by atoms with E-state index in [2.05, 4.69) is 5.32 Å². The molecule has 4 unspecified atom stereocenters. The molecule has 110 valence electrons. The summed E-state index contributed by atoms with van der Waals surface area (Å²) >= 11 is 0. The number of fused-ring (bicyclic) bond motifs is 1. The third kappa shape index (κ3) is 2.33. The molecule has 1 heterocycles. The van der Waals surface area contributed by atoms with Gasteiger partial charge in [-0.15, -0.1) is 0 Å². The standard InChI is InChI=1S/C14H16N4O3/c15-7-8-3-4-9(6-11(8)18(19)20)17-13-12(16)10-2-1-5-21-14(10)13/h3-4,6,10,12-14,17H,1-2,5,16H2. The average Bonchev–Trinajstić information content (AvgIpc) is 2.51. The van der Waals surface area contributed by atoms with Gasteiger partial charge in [0.15, 0.2) is 0 Å². The van der Waals surface area contributed by atoms with Crippen LogP contribution in [0.15, 0.2) is 18.2 Å². The predicted molar refractivity (Wildman–Crippen MR) is 75.7 cm³/mol. The molecule has 1 aromatic rings. The molecule has 1 aliphatic carbocycles. The molecule has 0 spiro atoms. The third-order valence-corrected chi connectivity index (χ3v) is 4.33. The largest absolute Gasteiger partial charge is 0.378 e. The lowest BCUT2D eigenvalue weighted by Crippen LogP contribution is -2.69. The van der Waals surface area contributed by atoms with Crippen LogP contribution in [0.5, 0.6) is 0 Å². The highest BCUT2D eigenvalue weighted by Gasteiger charge is 2.50. The lowest BCUT2D eigenvalue weighted by atomic mass is 9.68. The molecule has 4 atom stereocenters. The summed E-state index contributed by atoms with van der Waals surface area (Å²) in [6.07, 6.45) is 2.17. The van der Waals surface area contributed by atoms with Gasteiger partial charge >= 0.3 is 0 Å². The van der Waals surface area contributed by atoms with Crippen LogP contribution in [0.2, 0.25) is 0 Å². The number of benzene rings is 1. The Morgan fingerprint density at radius 1 is 1.52 bits per heavy atom. The molecule has 0 amide bonds. The zero-order valence-corrected chi connectivity index (χ0v) is 11.4. The van der Waals surface area contributed by atoms with Crippen molar-refractivity contribution in [3.05, 3.63) is 33.9 Å². The van der Waals surface area contributed by atoms with E-state index in [1.165, 1.54) is 12.1 Å². The number of rotatable bonds is 3. The van der Waals surface area contributed by atoms with Gasteiger partial charge in [0.05, 0.1) is 17.1 Å². The van der Waals surface area contributed by atoms with Gasteiger partial charge in [-0.2, -0.15) is 5.26 Å². The van der Waals surface area contributed by atoms with Crippen molar-refractivity contribution in [2.75, 3.05) is 11.9 Å². The second-order valence-corrected chi connectivity index (χ2v) is 5.49. The zero-order chi connectivity index (χ0) is 15.0. The van der Waals surface area contributed by atoms with E-state index < -0.39 is 4.92 Å². The van der Waals surface area contributed by atoms with Crippen molar-refractivity contribution in [2.24, 2.45) is 11.7 Å². The van der Waals surface area contributed by atoms with Gasteiger partial charge in [0, 0.05) is 30.3 Å². The lowest BCUT2D eigenvalue weighted by molar-refractivity contribution is -0.385. The number of nitrogens with two attached hydrogens (primary N) is 1. The first-order valence-corrected chi connectivity index (χ1v) is 6.94.